The van der Waals surface area contributed by atoms with Gasteiger partial charge in [-0.05, 0) is 25.0 Å². The zero-order valence-electron chi connectivity index (χ0n) is 8.57. The molecule has 1 aliphatic carbocycles. The van der Waals surface area contributed by atoms with Crippen molar-refractivity contribution in [1.82, 2.24) is 10.3 Å². The molecule has 0 saturated heterocycles. The second kappa shape index (κ2) is 4.99. The van der Waals surface area contributed by atoms with E-state index in [2.05, 4.69) is 10.3 Å². The molecule has 0 unspecified atom stereocenters. The largest absolute Gasteiger partial charge is 0.349 e. The average molecular weight is 262 g/mol. The summed E-state index contributed by atoms with van der Waals surface area (Å²) in [5.41, 5.74) is 5.88. The summed E-state index contributed by atoms with van der Waals surface area (Å²) in [6.07, 6.45) is 3.10. The Morgan fingerprint density at radius 2 is 2.25 bits per heavy atom. The highest BCUT2D eigenvalue weighted by molar-refractivity contribution is 6.30. The molecule has 0 spiro atoms. The van der Waals surface area contributed by atoms with E-state index in [0.29, 0.717) is 11.6 Å². The third-order valence-corrected chi connectivity index (χ3v) is 2.68. The van der Waals surface area contributed by atoms with Crippen molar-refractivity contribution in [3.05, 3.63) is 29.0 Å². The van der Waals surface area contributed by atoms with Gasteiger partial charge in [0.25, 0.3) is 0 Å². The van der Waals surface area contributed by atoms with E-state index in [1.807, 2.05) is 0 Å². The molecule has 1 aromatic heterocycles. The lowest BCUT2D eigenvalue weighted by atomic mass is 10.2. The molecular weight excluding hydrogens is 249 g/mol. The van der Waals surface area contributed by atoms with Gasteiger partial charge >= 0.3 is 0 Å². The highest BCUT2D eigenvalue weighted by Gasteiger charge is 2.45. The molecule has 1 saturated carbocycles. The minimum atomic E-state index is -0.619. The number of halogens is 2. The van der Waals surface area contributed by atoms with Gasteiger partial charge in [-0.3, -0.25) is 9.78 Å². The zero-order chi connectivity index (χ0) is 10.9. The molecule has 88 valence electrons. The Bertz CT molecular complexity index is 376. The van der Waals surface area contributed by atoms with E-state index < -0.39 is 5.54 Å². The standard InChI is InChI=1S/C10H12ClN3O.ClH/c11-7-1-2-8(13-5-7)6-14-9(15)10(12)3-4-10;/h1-2,5H,3-4,6,12H2,(H,14,15);1H. The highest BCUT2D eigenvalue weighted by Crippen LogP contribution is 2.32. The molecule has 6 heteroatoms. The third kappa shape index (κ3) is 3.07. The van der Waals surface area contributed by atoms with Crippen molar-refractivity contribution < 1.29 is 4.79 Å². The molecule has 1 heterocycles. The number of carbonyl (C=O) groups is 1. The zero-order valence-corrected chi connectivity index (χ0v) is 10.1. The first-order valence-corrected chi connectivity index (χ1v) is 5.16. The first kappa shape index (κ1) is 13.2. The van der Waals surface area contributed by atoms with Crippen LogP contribution in [0, 0.1) is 0 Å². The smallest absolute Gasteiger partial charge is 0.240 e. The van der Waals surface area contributed by atoms with Gasteiger partial charge in [0.05, 0.1) is 22.8 Å². The molecule has 2 rings (SSSR count). The number of hydrogen-bond donors (Lipinski definition) is 2. The number of hydrogen-bond acceptors (Lipinski definition) is 3. The highest BCUT2D eigenvalue weighted by atomic mass is 35.5. The maximum Gasteiger partial charge on any atom is 0.240 e. The van der Waals surface area contributed by atoms with E-state index in [-0.39, 0.29) is 18.3 Å². The minimum absolute atomic E-state index is 0. The lowest BCUT2D eigenvalue weighted by Gasteiger charge is -2.09. The van der Waals surface area contributed by atoms with Gasteiger partial charge in [0.2, 0.25) is 5.91 Å². The Balaban J connectivity index is 0.00000128. The molecule has 0 aliphatic heterocycles. The Morgan fingerprint density at radius 3 is 2.75 bits per heavy atom. The van der Waals surface area contributed by atoms with Crippen molar-refractivity contribution in [2.45, 2.75) is 24.9 Å². The molecule has 1 fully saturated rings. The number of pyridine rings is 1. The van der Waals surface area contributed by atoms with Gasteiger partial charge in [-0.1, -0.05) is 11.6 Å². The molecule has 3 N–H and O–H groups in total. The molecule has 4 nitrogen and oxygen atoms in total. The van der Waals surface area contributed by atoms with Crippen molar-refractivity contribution >= 4 is 29.9 Å². The molecule has 0 radical (unpaired) electrons. The van der Waals surface area contributed by atoms with Crippen LogP contribution in [0.15, 0.2) is 18.3 Å². The Kier molecular flexibility index (Phi) is 4.13. The van der Waals surface area contributed by atoms with Crippen LogP contribution in [-0.2, 0) is 11.3 Å². The summed E-state index contributed by atoms with van der Waals surface area (Å²) >= 11 is 5.69. The van der Waals surface area contributed by atoms with Crippen LogP contribution in [0.2, 0.25) is 5.02 Å². The number of nitrogens with two attached hydrogens (primary N) is 1. The van der Waals surface area contributed by atoms with Crippen LogP contribution in [0.5, 0.6) is 0 Å². The maximum absolute atomic E-state index is 11.5. The number of aromatic nitrogens is 1. The summed E-state index contributed by atoms with van der Waals surface area (Å²) in [5.74, 6) is -0.0979. The summed E-state index contributed by atoms with van der Waals surface area (Å²) in [6.45, 7) is 0.398. The van der Waals surface area contributed by atoms with Crippen LogP contribution in [0.4, 0.5) is 0 Å². The van der Waals surface area contributed by atoms with Gasteiger partial charge in [0.1, 0.15) is 0 Å². The normalized spacial score (nSPS) is 16.1. The van der Waals surface area contributed by atoms with E-state index in [0.717, 1.165) is 18.5 Å². The van der Waals surface area contributed by atoms with Crippen molar-refractivity contribution in [1.29, 1.82) is 0 Å². The van der Waals surface area contributed by atoms with Crippen molar-refractivity contribution in [2.75, 3.05) is 0 Å². The minimum Gasteiger partial charge on any atom is -0.349 e. The van der Waals surface area contributed by atoms with E-state index in [1.54, 1.807) is 18.3 Å². The summed E-state index contributed by atoms with van der Waals surface area (Å²) in [6, 6.07) is 3.52. The van der Waals surface area contributed by atoms with E-state index in [1.165, 1.54) is 0 Å². The number of rotatable bonds is 3. The van der Waals surface area contributed by atoms with Crippen LogP contribution in [0.25, 0.3) is 0 Å². The van der Waals surface area contributed by atoms with Crippen LogP contribution < -0.4 is 11.1 Å². The van der Waals surface area contributed by atoms with Crippen molar-refractivity contribution in [3.8, 4) is 0 Å². The summed E-state index contributed by atoms with van der Waals surface area (Å²) in [4.78, 5) is 15.5. The number of carbonyl (C=O) groups excluding carboxylic acids is 1. The topological polar surface area (TPSA) is 68.0 Å². The fraction of sp³-hybridized carbons (Fsp3) is 0.400. The SMILES string of the molecule is Cl.NC1(C(=O)NCc2ccc(Cl)cn2)CC1. The predicted molar refractivity (Wildman–Crippen MR) is 64.5 cm³/mol. The molecule has 0 bridgehead atoms. The maximum atomic E-state index is 11.5. The lowest BCUT2D eigenvalue weighted by Crippen LogP contribution is -2.42. The van der Waals surface area contributed by atoms with Crippen molar-refractivity contribution in [3.63, 3.8) is 0 Å². The number of amides is 1. The first-order chi connectivity index (χ1) is 7.10. The van der Waals surface area contributed by atoms with Gasteiger partial charge in [-0.25, -0.2) is 0 Å². The quantitative estimate of drug-likeness (QED) is 0.861. The van der Waals surface area contributed by atoms with Crippen LogP contribution >= 0.6 is 24.0 Å². The first-order valence-electron chi connectivity index (χ1n) is 4.78. The molecule has 16 heavy (non-hydrogen) atoms. The predicted octanol–water partition coefficient (Wildman–Crippen LogP) is 1.26. The second-order valence-corrected chi connectivity index (χ2v) is 4.24. The summed E-state index contributed by atoms with van der Waals surface area (Å²) < 4.78 is 0. The fourth-order valence-corrected chi connectivity index (χ4v) is 1.33. The molecule has 0 atom stereocenters. The average Bonchev–Trinajstić information content (AvgIpc) is 2.97. The summed E-state index contributed by atoms with van der Waals surface area (Å²) in [7, 11) is 0. The summed E-state index contributed by atoms with van der Waals surface area (Å²) in [5, 5.41) is 3.34. The molecule has 1 amide bonds. The van der Waals surface area contributed by atoms with E-state index in [4.69, 9.17) is 17.3 Å². The molecule has 0 aromatic carbocycles. The van der Waals surface area contributed by atoms with Gasteiger partial charge in [-0.2, -0.15) is 0 Å². The molecular formula is C10H13Cl2N3O. The van der Waals surface area contributed by atoms with Gasteiger partial charge < -0.3 is 11.1 Å². The lowest BCUT2D eigenvalue weighted by molar-refractivity contribution is -0.123. The van der Waals surface area contributed by atoms with Crippen LogP contribution in [0.1, 0.15) is 18.5 Å². The Hall–Kier alpha value is -0.840. The van der Waals surface area contributed by atoms with E-state index in [9.17, 15) is 4.79 Å². The van der Waals surface area contributed by atoms with Crippen molar-refractivity contribution in [2.24, 2.45) is 5.73 Å². The molecule has 1 aliphatic rings. The third-order valence-electron chi connectivity index (χ3n) is 2.46. The van der Waals surface area contributed by atoms with Gasteiger partial charge in [-0.15, -0.1) is 12.4 Å². The number of nitrogens with one attached hydrogen (secondary N) is 1. The number of nitrogens with zero attached hydrogens (tertiary/aromatic N) is 1. The fourth-order valence-electron chi connectivity index (χ4n) is 1.22. The molecule has 1 aromatic rings. The monoisotopic (exact) mass is 261 g/mol. The second-order valence-electron chi connectivity index (χ2n) is 3.81. The van der Waals surface area contributed by atoms with Gasteiger partial charge in [0.15, 0.2) is 0 Å². The van der Waals surface area contributed by atoms with Crippen LogP contribution in [0.3, 0.4) is 0 Å². The van der Waals surface area contributed by atoms with Crippen LogP contribution in [-0.4, -0.2) is 16.4 Å². The van der Waals surface area contributed by atoms with Gasteiger partial charge in [0, 0.05) is 6.20 Å². The Morgan fingerprint density at radius 1 is 1.56 bits per heavy atom. The van der Waals surface area contributed by atoms with E-state index >= 15 is 0 Å². The Labute approximate surface area is 105 Å².